The molecule has 1 aromatic carbocycles. The molecular weight excluding hydrogens is 417 g/mol. The van der Waals surface area contributed by atoms with E-state index in [9.17, 15) is 22.8 Å². The number of alkyl halides is 3. The quantitative estimate of drug-likeness (QED) is 0.485. The van der Waals surface area contributed by atoms with Crippen molar-refractivity contribution < 1.29 is 18.0 Å². The zero-order valence-corrected chi connectivity index (χ0v) is 16.2. The van der Waals surface area contributed by atoms with Crippen LogP contribution in [0.1, 0.15) is 11.3 Å². The number of benzene rings is 1. The zero-order chi connectivity index (χ0) is 20.6. The summed E-state index contributed by atoms with van der Waals surface area (Å²) in [6.07, 6.45) is -4.55. The lowest BCUT2D eigenvalue weighted by atomic mass is 10.2. The number of carbonyl (C=O) groups is 1. The van der Waals surface area contributed by atoms with Gasteiger partial charge in [0.1, 0.15) is 5.52 Å². The highest BCUT2D eigenvalue weighted by atomic mass is 35.5. The Morgan fingerprint density at radius 2 is 2.07 bits per heavy atom. The number of amides is 1. The van der Waals surface area contributed by atoms with Crippen LogP contribution in [0.2, 0.25) is 5.02 Å². The van der Waals surface area contributed by atoms with E-state index in [-0.39, 0.29) is 22.0 Å². The maximum Gasteiger partial charge on any atom is 0.416 e. The molecule has 2 heterocycles. The van der Waals surface area contributed by atoms with Crippen molar-refractivity contribution in [3.8, 4) is 0 Å². The number of H-pyrrole nitrogens is 1. The predicted molar refractivity (Wildman–Crippen MR) is 102 cm³/mol. The van der Waals surface area contributed by atoms with Gasteiger partial charge in [-0.05, 0) is 31.2 Å². The third-order valence-corrected chi connectivity index (χ3v) is 5.21. The Morgan fingerprint density at radius 3 is 2.75 bits per heavy atom. The molecule has 0 saturated carbocycles. The second-order valence-corrected chi connectivity index (χ2v) is 7.35. The Kier molecular flexibility index (Phi) is 5.44. The van der Waals surface area contributed by atoms with Gasteiger partial charge in [-0.15, -0.1) is 0 Å². The minimum Gasteiger partial charge on any atom is -0.353 e. The number of hydrogen-bond donors (Lipinski definition) is 2. The van der Waals surface area contributed by atoms with Crippen LogP contribution in [-0.4, -0.2) is 26.2 Å². The van der Waals surface area contributed by atoms with Gasteiger partial charge in [-0.25, -0.2) is 4.98 Å². The van der Waals surface area contributed by atoms with E-state index in [1.165, 1.54) is 11.6 Å². The smallest absolute Gasteiger partial charge is 0.353 e. The number of aromatic nitrogens is 3. The molecule has 0 spiro atoms. The van der Waals surface area contributed by atoms with E-state index in [1.807, 2.05) is 0 Å². The molecule has 28 heavy (non-hydrogen) atoms. The molecule has 0 unspecified atom stereocenters. The summed E-state index contributed by atoms with van der Waals surface area (Å²) in [6.45, 7) is 1.79. The summed E-state index contributed by atoms with van der Waals surface area (Å²) in [7, 11) is 1.52. The Morgan fingerprint density at radius 1 is 1.36 bits per heavy atom. The van der Waals surface area contributed by atoms with Gasteiger partial charge in [-0.1, -0.05) is 23.4 Å². The van der Waals surface area contributed by atoms with Crippen molar-refractivity contribution in [1.82, 2.24) is 14.5 Å². The van der Waals surface area contributed by atoms with Crippen LogP contribution in [0.15, 0.2) is 34.2 Å². The van der Waals surface area contributed by atoms with Crippen molar-refractivity contribution in [2.45, 2.75) is 18.3 Å². The first-order chi connectivity index (χ1) is 13.1. The van der Waals surface area contributed by atoms with Crippen molar-refractivity contribution in [1.29, 1.82) is 0 Å². The first-order valence-electron chi connectivity index (χ1n) is 7.92. The lowest BCUT2D eigenvalue weighted by Crippen LogP contribution is -2.21. The monoisotopic (exact) mass is 430 g/mol. The van der Waals surface area contributed by atoms with Gasteiger partial charge in [0, 0.05) is 12.7 Å². The number of aromatic amines is 1. The fourth-order valence-electron chi connectivity index (χ4n) is 2.50. The maximum atomic E-state index is 12.8. The minimum atomic E-state index is -4.55. The zero-order valence-electron chi connectivity index (χ0n) is 14.6. The fourth-order valence-corrected chi connectivity index (χ4v) is 3.44. The molecule has 11 heteroatoms. The standard InChI is InChI=1S/C17H14ClF3N4O2S/c1-8-5-12-14(22-8)15(27)25(2)16(24-12)28-7-13(26)23-11-6-9(17(19,20)21)3-4-10(11)18/h3-6,22H,7H2,1-2H3,(H,23,26). The van der Waals surface area contributed by atoms with E-state index in [2.05, 4.69) is 15.3 Å². The number of aryl methyl sites for hydroxylation is 1. The van der Waals surface area contributed by atoms with Crippen molar-refractivity contribution in [2.75, 3.05) is 11.1 Å². The number of fused-ring (bicyclic) bond motifs is 1. The number of hydrogen-bond acceptors (Lipinski definition) is 4. The summed E-state index contributed by atoms with van der Waals surface area (Å²) in [4.78, 5) is 31.8. The number of carbonyl (C=O) groups excluding carboxylic acids is 1. The summed E-state index contributed by atoms with van der Waals surface area (Å²) in [5.41, 5.74) is 0.271. The average Bonchev–Trinajstić information content (AvgIpc) is 2.98. The summed E-state index contributed by atoms with van der Waals surface area (Å²) >= 11 is 6.86. The SMILES string of the molecule is Cc1cc2nc(SCC(=O)Nc3cc(C(F)(F)F)ccc3Cl)n(C)c(=O)c2[nH]1. The van der Waals surface area contributed by atoms with Crippen LogP contribution in [0.4, 0.5) is 18.9 Å². The van der Waals surface area contributed by atoms with Gasteiger partial charge >= 0.3 is 6.18 Å². The van der Waals surface area contributed by atoms with Gasteiger partial charge < -0.3 is 10.3 Å². The number of nitrogens with one attached hydrogen (secondary N) is 2. The molecule has 3 rings (SSSR count). The van der Waals surface area contributed by atoms with Gasteiger partial charge in [0.05, 0.1) is 27.5 Å². The molecule has 3 aromatic rings. The van der Waals surface area contributed by atoms with Crippen molar-refractivity contribution in [3.05, 3.63) is 50.9 Å². The van der Waals surface area contributed by atoms with Gasteiger partial charge in [0.15, 0.2) is 5.16 Å². The molecule has 6 nitrogen and oxygen atoms in total. The largest absolute Gasteiger partial charge is 0.416 e. The van der Waals surface area contributed by atoms with Crippen LogP contribution in [0.25, 0.3) is 11.0 Å². The predicted octanol–water partition coefficient (Wildman–Crippen LogP) is 3.97. The number of anilines is 1. The van der Waals surface area contributed by atoms with E-state index in [0.29, 0.717) is 16.2 Å². The van der Waals surface area contributed by atoms with Crippen molar-refractivity contribution in [3.63, 3.8) is 0 Å². The highest BCUT2D eigenvalue weighted by molar-refractivity contribution is 7.99. The summed E-state index contributed by atoms with van der Waals surface area (Å²) in [5.74, 6) is -0.743. The number of nitrogens with zero attached hydrogens (tertiary/aromatic N) is 2. The molecule has 148 valence electrons. The first kappa shape index (κ1) is 20.3. The second-order valence-electron chi connectivity index (χ2n) is 6.00. The van der Waals surface area contributed by atoms with Crippen LogP contribution in [0.5, 0.6) is 0 Å². The summed E-state index contributed by atoms with van der Waals surface area (Å²) < 4.78 is 39.7. The average molecular weight is 431 g/mol. The van der Waals surface area contributed by atoms with Gasteiger partial charge in [-0.2, -0.15) is 13.2 Å². The Labute approximate surface area is 166 Å². The third kappa shape index (κ3) is 4.17. The summed E-state index contributed by atoms with van der Waals surface area (Å²) in [6, 6.07) is 4.39. The molecule has 0 fully saturated rings. The Balaban J connectivity index is 1.76. The Hall–Kier alpha value is -2.46. The molecule has 0 radical (unpaired) electrons. The fraction of sp³-hybridized carbons (Fsp3) is 0.235. The van der Waals surface area contributed by atoms with Crippen LogP contribution in [0, 0.1) is 6.92 Å². The summed E-state index contributed by atoms with van der Waals surface area (Å²) in [5, 5.41) is 2.65. The number of halogens is 4. The lowest BCUT2D eigenvalue weighted by molar-refractivity contribution is -0.137. The molecule has 0 bridgehead atoms. The minimum absolute atomic E-state index is 0.0129. The van der Waals surface area contributed by atoms with Gasteiger partial charge in [-0.3, -0.25) is 14.2 Å². The normalized spacial score (nSPS) is 11.8. The maximum absolute atomic E-state index is 12.8. The molecular formula is C17H14ClF3N4O2S. The molecule has 2 N–H and O–H groups in total. The van der Waals surface area contributed by atoms with Gasteiger partial charge in [0.25, 0.3) is 5.56 Å². The van der Waals surface area contributed by atoms with Crippen LogP contribution in [0.3, 0.4) is 0 Å². The van der Waals surface area contributed by atoms with Crippen LogP contribution in [-0.2, 0) is 18.0 Å². The molecule has 0 saturated heterocycles. The van der Waals surface area contributed by atoms with E-state index >= 15 is 0 Å². The van der Waals surface area contributed by atoms with Gasteiger partial charge in [0.2, 0.25) is 5.91 Å². The number of thioether (sulfide) groups is 1. The Bertz CT molecular complexity index is 1120. The van der Waals surface area contributed by atoms with Crippen molar-refractivity contribution in [2.24, 2.45) is 7.05 Å². The second kappa shape index (κ2) is 7.51. The van der Waals surface area contributed by atoms with Crippen molar-refractivity contribution >= 4 is 46.0 Å². The highest BCUT2D eigenvalue weighted by Gasteiger charge is 2.31. The van der Waals surface area contributed by atoms with E-state index in [1.54, 1.807) is 13.0 Å². The highest BCUT2D eigenvalue weighted by Crippen LogP contribution is 2.34. The van der Waals surface area contributed by atoms with E-state index in [4.69, 9.17) is 11.6 Å². The topological polar surface area (TPSA) is 79.8 Å². The van der Waals surface area contributed by atoms with E-state index in [0.717, 1.165) is 35.7 Å². The number of rotatable bonds is 4. The molecule has 2 aromatic heterocycles. The molecule has 1 amide bonds. The molecule has 0 aliphatic rings. The van der Waals surface area contributed by atoms with Crippen LogP contribution >= 0.6 is 23.4 Å². The van der Waals surface area contributed by atoms with E-state index < -0.39 is 17.6 Å². The molecule has 0 aliphatic heterocycles. The molecule has 0 aliphatic carbocycles. The third-order valence-electron chi connectivity index (χ3n) is 3.85. The molecule has 0 atom stereocenters. The first-order valence-corrected chi connectivity index (χ1v) is 9.28. The van der Waals surface area contributed by atoms with Crippen LogP contribution < -0.4 is 10.9 Å². The lowest BCUT2D eigenvalue weighted by Gasteiger charge is -2.12.